The number of nitrogens with one attached hydrogen (secondary N) is 1. The zero-order chi connectivity index (χ0) is 15.9. The molecular weight excluding hydrogens is 292 g/mol. The molecule has 0 radical (unpaired) electrons. The van der Waals surface area contributed by atoms with Crippen molar-refractivity contribution in [2.75, 3.05) is 30.1 Å². The van der Waals surface area contributed by atoms with Gasteiger partial charge in [-0.2, -0.15) is 0 Å². The van der Waals surface area contributed by atoms with Gasteiger partial charge in [0.1, 0.15) is 0 Å². The van der Waals surface area contributed by atoms with Gasteiger partial charge in [-0.15, -0.1) is 11.8 Å². The highest BCUT2D eigenvalue weighted by molar-refractivity contribution is 7.99. The van der Waals surface area contributed by atoms with Crippen molar-refractivity contribution in [1.82, 2.24) is 0 Å². The Labute approximate surface area is 136 Å². The van der Waals surface area contributed by atoms with Gasteiger partial charge in [-0.05, 0) is 24.3 Å². The van der Waals surface area contributed by atoms with E-state index in [4.69, 9.17) is 0 Å². The first-order valence-corrected chi connectivity index (χ1v) is 8.31. The summed E-state index contributed by atoms with van der Waals surface area (Å²) in [5.74, 6) is 0.762. The fraction of sp³-hybridized carbons (Fsp3) is 0.278. The van der Waals surface area contributed by atoms with Crippen LogP contribution in [0.5, 0.6) is 0 Å². The molecule has 1 amide bonds. The third kappa shape index (κ3) is 4.53. The fourth-order valence-corrected chi connectivity index (χ4v) is 2.98. The number of thioether (sulfide) groups is 1. The molecule has 0 aliphatic rings. The van der Waals surface area contributed by atoms with Crippen LogP contribution in [0.3, 0.4) is 0 Å². The highest BCUT2D eigenvalue weighted by Crippen LogP contribution is 2.25. The molecule has 1 N–H and O–H groups in total. The van der Waals surface area contributed by atoms with Crippen LogP contribution in [-0.4, -0.2) is 25.8 Å². The van der Waals surface area contributed by atoms with Crippen LogP contribution in [0.4, 0.5) is 11.4 Å². The second-order valence-corrected chi connectivity index (χ2v) is 6.52. The highest BCUT2D eigenvalue weighted by atomic mass is 32.2. The topological polar surface area (TPSA) is 32.3 Å². The molecule has 22 heavy (non-hydrogen) atoms. The standard InChI is InChI=1S/C18H22N2OS/c1-14(13-22-15-9-5-4-6-10-15)18(21)19-16-11-7-8-12-17(16)20(2)3/h4-12,14H,13H2,1-3H3,(H,19,21). The Balaban J connectivity index is 1.94. The predicted octanol–water partition coefficient (Wildman–Crippen LogP) is 4.12. The maximum absolute atomic E-state index is 12.4. The van der Waals surface area contributed by atoms with Crippen molar-refractivity contribution in [2.45, 2.75) is 11.8 Å². The molecule has 0 aromatic heterocycles. The summed E-state index contributed by atoms with van der Waals surface area (Å²) >= 11 is 1.71. The summed E-state index contributed by atoms with van der Waals surface area (Å²) in [6.45, 7) is 1.96. The highest BCUT2D eigenvalue weighted by Gasteiger charge is 2.15. The van der Waals surface area contributed by atoms with Crippen molar-refractivity contribution < 1.29 is 4.79 Å². The monoisotopic (exact) mass is 314 g/mol. The van der Waals surface area contributed by atoms with Gasteiger partial charge >= 0.3 is 0 Å². The van der Waals surface area contributed by atoms with Crippen LogP contribution in [0.15, 0.2) is 59.5 Å². The van der Waals surface area contributed by atoms with Crippen molar-refractivity contribution in [3.05, 3.63) is 54.6 Å². The fourth-order valence-electron chi connectivity index (χ4n) is 2.04. The number of hydrogen-bond acceptors (Lipinski definition) is 3. The summed E-state index contributed by atoms with van der Waals surface area (Å²) < 4.78 is 0. The summed E-state index contributed by atoms with van der Waals surface area (Å²) in [6.07, 6.45) is 0. The number of anilines is 2. The molecule has 116 valence electrons. The average Bonchev–Trinajstić information content (AvgIpc) is 2.53. The van der Waals surface area contributed by atoms with Gasteiger partial charge in [-0.1, -0.05) is 37.3 Å². The molecule has 2 rings (SSSR count). The minimum atomic E-state index is -0.0552. The van der Waals surface area contributed by atoms with E-state index in [0.29, 0.717) is 0 Å². The SMILES string of the molecule is CC(CSc1ccccc1)C(=O)Nc1ccccc1N(C)C. The summed E-state index contributed by atoms with van der Waals surface area (Å²) in [5.41, 5.74) is 1.87. The van der Waals surface area contributed by atoms with Gasteiger partial charge in [-0.25, -0.2) is 0 Å². The molecule has 3 nitrogen and oxygen atoms in total. The second-order valence-electron chi connectivity index (χ2n) is 5.43. The number of rotatable bonds is 6. The van der Waals surface area contributed by atoms with Crippen LogP contribution in [0.1, 0.15) is 6.92 Å². The van der Waals surface area contributed by atoms with E-state index < -0.39 is 0 Å². The molecule has 0 aliphatic heterocycles. The van der Waals surface area contributed by atoms with Crippen LogP contribution >= 0.6 is 11.8 Å². The van der Waals surface area contributed by atoms with Crippen molar-refractivity contribution in [2.24, 2.45) is 5.92 Å². The van der Waals surface area contributed by atoms with E-state index in [-0.39, 0.29) is 11.8 Å². The Bertz CT molecular complexity index is 613. The molecule has 2 aromatic carbocycles. The Hall–Kier alpha value is -1.94. The number of nitrogens with zero attached hydrogens (tertiary/aromatic N) is 1. The first kappa shape index (κ1) is 16.4. The number of hydrogen-bond donors (Lipinski definition) is 1. The molecule has 0 heterocycles. The molecule has 0 fully saturated rings. The smallest absolute Gasteiger partial charge is 0.228 e. The molecule has 2 aromatic rings. The predicted molar refractivity (Wildman–Crippen MR) is 95.7 cm³/mol. The van der Waals surface area contributed by atoms with E-state index in [1.807, 2.05) is 68.4 Å². The Morgan fingerprint density at radius 2 is 1.73 bits per heavy atom. The van der Waals surface area contributed by atoms with Gasteiger partial charge in [0.25, 0.3) is 0 Å². The molecule has 0 spiro atoms. The van der Waals surface area contributed by atoms with Crippen LogP contribution in [0.25, 0.3) is 0 Å². The summed E-state index contributed by atoms with van der Waals surface area (Å²) in [5, 5.41) is 3.03. The quantitative estimate of drug-likeness (QED) is 0.814. The van der Waals surface area contributed by atoms with Crippen LogP contribution < -0.4 is 10.2 Å². The number of para-hydroxylation sites is 2. The van der Waals surface area contributed by atoms with Gasteiger partial charge in [0, 0.05) is 30.7 Å². The van der Waals surface area contributed by atoms with Crippen LogP contribution in [0.2, 0.25) is 0 Å². The lowest BCUT2D eigenvalue weighted by Crippen LogP contribution is -2.23. The van der Waals surface area contributed by atoms with E-state index in [2.05, 4.69) is 17.4 Å². The minimum absolute atomic E-state index is 0.0535. The molecule has 1 unspecified atom stereocenters. The summed E-state index contributed by atoms with van der Waals surface area (Å²) in [6, 6.07) is 18.0. The first-order valence-electron chi connectivity index (χ1n) is 7.33. The number of carbonyl (C=O) groups excluding carboxylic acids is 1. The number of carbonyl (C=O) groups is 1. The lowest BCUT2D eigenvalue weighted by Gasteiger charge is -2.19. The van der Waals surface area contributed by atoms with E-state index in [0.717, 1.165) is 17.1 Å². The van der Waals surface area contributed by atoms with Crippen molar-refractivity contribution in [1.29, 1.82) is 0 Å². The lowest BCUT2D eigenvalue weighted by atomic mass is 10.2. The Morgan fingerprint density at radius 3 is 2.41 bits per heavy atom. The molecule has 4 heteroatoms. The van der Waals surface area contributed by atoms with Crippen LogP contribution in [-0.2, 0) is 4.79 Å². The molecule has 0 bridgehead atoms. The molecule has 1 atom stereocenters. The van der Waals surface area contributed by atoms with Crippen LogP contribution in [0, 0.1) is 5.92 Å². The van der Waals surface area contributed by atoms with Gasteiger partial charge in [0.05, 0.1) is 11.4 Å². The molecule has 0 aliphatic carbocycles. The maximum Gasteiger partial charge on any atom is 0.228 e. The zero-order valence-electron chi connectivity index (χ0n) is 13.2. The number of amides is 1. The van der Waals surface area contributed by atoms with E-state index in [1.165, 1.54) is 4.90 Å². The third-order valence-corrected chi connectivity index (χ3v) is 4.61. The molecule has 0 saturated heterocycles. The Kier molecular flexibility index (Phi) is 5.90. The molecule has 0 saturated carbocycles. The second kappa shape index (κ2) is 7.90. The average molecular weight is 314 g/mol. The largest absolute Gasteiger partial charge is 0.376 e. The van der Waals surface area contributed by atoms with E-state index >= 15 is 0 Å². The van der Waals surface area contributed by atoms with E-state index in [9.17, 15) is 4.79 Å². The van der Waals surface area contributed by atoms with Gasteiger partial charge in [0.2, 0.25) is 5.91 Å². The molecular formula is C18H22N2OS. The van der Waals surface area contributed by atoms with Crippen molar-refractivity contribution >= 4 is 29.0 Å². The summed E-state index contributed by atoms with van der Waals surface area (Å²) in [7, 11) is 3.94. The maximum atomic E-state index is 12.4. The number of benzene rings is 2. The van der Waals surface area contributed by atoms with Gasteiger partial charge < -0.3 is 10.2 Å². The first-order chi connectivity index (χ1) is 10.6. The van der Waals surface area contributed by atoms with Crippen molar-refractivity contribution in [3.8, 4) is 0 Å². The minimum Gasteiger partial charge on any atom is -0.376 e. The zero-order valence-corrected chi connectivity index (χ0v) is 14.1. The third-order valence-electron chi connectivity index (χ3n) is 3.33. The summed E-state index contributed by atoms with van der Waals surface area (Å²) in [4.78, 5) is 15.6. The van der Waals surface area contributed by atoms with Crippen molar-refractivity contribution in [3.63, 3.8) is 0 Å². The normalized spacial score (nSPS) is 11.8. The Morgan fingerprint density at radius 1 is 1.09 bits per heavy atom. The van der Waals surface area contributed by atoms with Gasteiger partial charge in [-0.3, -0.25) is 4.79 Å². The van der Waals surface area contributed by atoms with E-state index in [1.54, 1.807) is 11.8 Å². The lowest BCUT2D eigenvalue weighted by molar-refractivity contribution is -0.118. The van der Waals surface area contributed by atoms with Gasteiger partial charge in [0.15, 0.2) is 0 Å².